The van der Waals surface area contributed by atoms with Crippen molar-refractivity contribution in [2.24, 2.45) is 0 Å². The van der Waals surface area contributed by atoms with Gasteiger partial charge in [0, 0.05) is 31.4 Å². The molecule has 86 valence electrons. The number of rotatable bonds is 3. The van der Waals surface area contributed by atoms with Crippen LogP contribution in [0.15, 0.2) is 12.3 Å². The van der Waals surface area contributed by atoms with E-state index in [-0.39, 0.29) is 0 Å². The van der Waals surface area contributed by atoms with Gasteiger partial charge in [-0.1, -0.05) is 6.58 Å². The van der Waals surface area contributed by atoms with E-state index < -0.39 is 0 Å². The molecule has 0 amide bonds. The van der Waals surface area contributed by atoms with E-state index in [2.05, 4.69) is 32.7 Å². The van der Waals surface area contributed by atoms with Gasteiger partial charge in [-0.25, -0.2) is 0 Å². The summed E-state index contributed by atoms with van der Waals surface area (Å²) in [5.41, 5.74) is 1.47. The molecule has 1 N–H and O–H groups in total. The van der Waals surface area contributed by atoms with Crippen LogP contribution < -0.4 is 5.32 Å². The van der Waals surface area contributed by atoms with Gasteiger partial charge >= 0.3 is 0 Å². The van der Waals surface area contributed by atoms with Gasteiger partial charge in [-0.2, -0.15) is 0 Å². The average molecular weight is 209 g/mol. The van der Waals surface area contributed by atoms with Gasteiger partial charge in [0.2, 0.25) is 0 Å². The third-order valence-electron chi connectivity index (χ3n) is 4.58. The van der Waals surface area contributed by atoms with Gasteiger partial charge in [0.05, 0.1) is 19.1 Å². The lowest BCUT2D eigenvalue weighted by Gasteiger charge is -2.47. The molecule has 2 aliphatic heterocycles. The van der Waals surface area contributed by atoms with E-state index in [1.165, 1.54) is 43.3 Å². The van der Waals surface area contributed by atoms with E-state index in [4.69, 9.17) is 0 Å². The number of nitrogens with one attached hydrogen (secondary N) is 1. The lowest BCUT2D eigenvalue weighted by Crippen LogP contribution is -2.66. The summed E-state index contributed by atoms with van der Waals surface area (Å²) in [6, 6.07) is 0.738. The first kappa shape index (κ1) is 11.0. The summed E-state index contributed by atoms with van der Waals surface area (Å²) in [7, 11) is 0. The fraction of sp³-hybridized carbons (Fsp3) is 0.846. The van der Waals surface area contributed by atoms with Crippen molar-refractivity contribution < 1.29 is 4.48 Å². The molecule has 2 heteroatoms. The molecule has 0 spiro atoms. The molecule has 0 bridgehead atoms. The highest BCUT2D eigenvalue weighted by molar-refractivity contribution is 4.98. The Morgan fingerprint density at radius 2 is 1.80 bits per heavy atom. The molecule has 0 aromatic heterocycles. The predicted molar refractivity (Wildman–Crippen MR) is 64.3 cm³/mol. The summed E-state index contributed by atoms with van der Waals surface area (Å²) in [6.45, 7) is 13.6. The molecule has 2 nitrogen and oxygen atoms in total. The highest BCUT2D eigenvalue weighted by Gasteiger charge is 2.59. The maximum atomic E-state index is 4.04. The van der Waals surface area contributed by atoms with Gasteiger partial charge in [0.25, 0.3) is 0 Å². The summed E-state index contributed by atoms with van der Waals surface area (Å²) >= 11 is 0. The molecule has 2 aliphatic rings. The average Bonchev–Trinajstić information content (AvgIpc) is 2.57. The number of fused-ring (bicyclic) bond motifs is 1. The first-order chi connectivity index (χ1) is 7.02. The lowest BCUT2D eigenvalue weighted by molar-refractivity contribution is -0.973. The minimum Gasteiger partial charge on any atom is -0.338 e. The zero-order chi connectivity index (χ0) is 11.1. The maximum absolute atomic E-state index is 4.04. The minimum absolute atomic E-state index is 0.333. The molecule has 0 aromatic rings. The summed E-state index contributed by atoms with van der Waals surface area (Å²) in [5.74, 6) is 0. The van der Waals surface area contributed by atoms with Crippen LogP contribution >= 0.6 is 0 Å². The maximum Gasteiger partial charge on any atom is 0.172 e. The van der Waals surface area contributed by atoms with E-state index in [9.17, 15) is 0 Å². The summed E-state index contributed by atoms with van der Waals surface area (Å²) in [6.07, 6.45) is 5.41. The van der Waals surface area contributed by atoms with Crippen molar-refractivity contribution in [3.8, 4) is 0 Å². The van der Waals surface area contributed by atoms with E-state index >= 15 is 0 Å². The quantitative estimate of drug-likeness (QED) is 0.705. The highest BCUT2D eigenvalue weighted by Crippen LogP contribution is 2.46. The second-order valence-corrected chi connectivity index (χ2v) is 5.72. The Balaban J connectivity index is 2.31. The third-order valence-corrected chi connectivity index (χ3v) is 4.58. The monoisotopic (exact) mass is 209 g/mol. The Hall–Kier alpha value is -0.500. The van der Waals surface area contributed by atoms with Crippen LogP contribution in [0.3, 0.4) is 0 Å². The van der Waals surface area contributed by atoms with Crippen molar-refractivity contribution in [3.63, 3.8) is 0 Å². The number of hydrogen-bond acceptors (Lipinski definition) is 1. The van der Waals surface area contributed by atoms with Crippen LogP contribution in [0.25, 0.3) is 0 Å². The van der Waals surface area contributed by atoms with Crippen LogP contribution in [0.2, 0.25) is 0 Å². The summed E-state index contributed by atoms with van der Waals surface area (Å²) < 4.78 is 1.29. The molecule has 0 saturated carbocycles. The van der Waals surface area contributed by atoms with Crippen LogP contribution in [-0.2, 0) is 0 Å². The van der Waals surface area contributed by atoms with Crippen molar-refractivity contribution in [1.29, 1.82) is 0 Å². The Bertz CT molecular complexity index is 258. The second-order valence-electron chi connectivity index (χ2n) is 5.72. The van der Waals surface area contributed by atoms with Crippen LogP contribution in [0.4, 0.5) is 0 Å². The number of allylic oxidation sites excluding steroid dienone is 1. The van der Waals surface area contributed by atoms with Crippen LogP contribution in [0.1, 0.15) is 46.5 Å². The van der Waals surface area contributed by atoms with E-state index in [1.807, 2.05) is 0 Å². The molecule has 0 radical (unpaired) electrons. The summed E-state index contributed by atoms with van der Waals surface area (Å²) in [5, 5.41) is 3.72. The smallest absolute Gasteiger partial charge is 0.172 e. The molecule has 0 atom stereocenters. The third kappa shape index (κ3) is 1.42. The molecular formula is C13H25N2+. The number of hydrogen-bond donors (Lipinski definition) is 1. The van der Waals surface area contributed by atoms with Gasteiger partial charge in [0.15, 0.2) is 5.66 Å². The van der Waals surface area contributed by atoms with Crippen LogP contribution in [0, 0.1) is 0 Å². The van der Waals surface area contributed by atoms with Crippen molar-refractivity contribution in [2.45, 2.75) is 58.2 Å². The van der Waals surface area contributed by atoms with Gasteiger partial charge < -0.3 is 5.32 Å². The Morgan fingerprint density at radius 1 is 1.27 bits per heavy atom. The van der Waals surface area contributed by atoms with Gasteiger partial charge in [-0.15, -0.1) is 0 Å². The fourth-order valence-corrected chi connectivity index (χ4v) is 4.06. The Morgan fingerprint density at radius 3 is 2.20 bits per heavy atom. The second kappa shape index (κ2) is 3.51. The van der Waals surface area contributed by atoms with Gasteiger partial charge in [0.1, 0.15) is 0 Å². The zero-order valence-corrected chi connectivity index (χ0v) is 10.5. The van der Waals surface area contributed by atoms with Gasteiger partial charge in [-0.3, -0.25) is 4.48 Å². The normalized spacial score (nSPS) is 39.5. The molecule has 2 heterocycles. The first-order valence-electron chi connectivity index (χ1n) is 6.33. The summed E-state index contributed by atoms with van der Waals surface area (Å²) in [4.78, 5) is 0. The SMILES string of the molecule is C=C(C)NC12CCC[N+]1(C(C)C)CCC2. The van der Waals surface area contributed by atoms with Crippen molar-refractivity contribution in [3.05, 3.63) is 12.3 Å². The fourth-order valence-electron chi connectivity index (χ4n) is 4.06. The molecular weight excluding hydrogens is 184 g/mol. The molecule has 2 rings (SSSR count). The lowest BCUT2D eigenvalue weighted by atomic mass is 10.0. The molecule has 15 heavy (non-hydrogen) atoms. The highest BCUT2D eigenvalue weighted by atomic mass is 15.5. The van der Waals surface area contributed by atoms with Crippen molar-refractivity contribution >= 4 is 0 Å². The molecule has 0 unspecified atom stereocenters. The van der Waals surface area contributed by atoms with Crippen LogP contribution in [-0.4, -0.2) is 29.3 Å². The van der Waals surface area contributed by atoms with Crippen LogP contribution in [0.5, 0.6) is 0 Å². The largest absolute Gasteiger partial charge is 0.338 e. The predicted octanol–water partition coefficient (Wildman–Crippen LogP) is 2.62. The molecule has 2 saturated heterocycles. The Kier molecular flexibility index (Phi) is 2.58. The first-order valence-corrected chi connectivity index (χ1v) is 6.33. The van der Waals surface area contributed by atoms with Crippen molar-refractivity contribution in [1.82, 2.24) is 5.32 Å². The molecule has 2 fully saturated rings. The molecule has 0 aromatic carbocycles. The zero-order valence-electron chi connectivity index (χ0n) is 10.5. The topological polar surface area (TPSA) is 12.0 Å². The molecule has 0 aliphatic carbocycles. The Labute approximate surface area is 93.9 Å². The number of nitrogens with zero attached hydrogens (tertiary/aromatic N) is 1. The van der Waals surface area contributed by atoms with Gasteiger partial charge in [-0.05, 0) is 20.8 Å². The number of quaternary nitrogens is 1. The van der Waals surface area contributed by atoms with Crippen molar-refractivity contribution in [2.75, 3.05) is 13.1 Å². The minimum atomic E-state index is 0.333. The van der Waals surface area contributed by atoms with E-state index in [0.717, 1.165) is 11.7 Å². The van der Waals surface area contributed by atoms with E-state index in [1.54, 1.807) is 0 Å². The van der Waals surface area contributed by atoms with E-state index in [0.29, 0.717) is 5.66 Å². The standard InChI is InChI=1S/C13H25N2/c1-11(2)14-13-7-5-9-15(13,12(3)4)10-6-8-13/h12,14H,1,5-10H2,2-4H3/q+1.